The van der Waals surface area contributed by atoms with E-state index in [-0.39, 0.29) is 6.10 Å². The maximum atomic E-state index is 12.6. The number of hydrogen-bond donors (Lipinski definition) is 2. The molecule has 5 nitrogen and oxygen atoms in total. The highest BCUT2D eigenvalue weighted by Crippen LogP contribution is 2.22. The number of sulfonamides is 1. The third-order valence-corrected chi connectivity index (χ3v) is 5.85. The minimum absolute atomic E-state index is 0.266. The van der Waals surface area contributed by atoms with E-state index in [1.165, 1.54) is 0 Å². The predicted octanol–water partition coefficient (Wildman–Crippen LogP) is 3.70. The van der Waals surface area contributed by atoms with Crippen molar-refractivity contribution in [3.63, 3.8) is 0 Å². The molecule has 0 aromatic heterocycles. The van der Waals surface area contributed by atoms with Gasteiger partial charge in [-0.05, 0) is 68.1 Å². The molecule has 0 spiro atoms. The summed E-state index contributed by atoms with van der Waals surface area (Å²) in [6.07, 6.45) is 2.47. The second-order valence-corrected chi connectivity index (χ2v) is 8.12. The van der Waals surface area contributed by atoms with Crippen molar-refractivity contribution in [2.24, 2.45) is 0 Å². The van der Waals surface area contributed by atoms with Crippen LogP contribution in [0.2, 0.25) is 0 Å². The Morgan fingerprint density at radius 2 is 1.80 bits per heavy atom. The van der Waals surface area contributed by atoms with Gasteiger partial charge in [-0.1, -0.05) is 12.1 Å². The minimum atomic E-state index is -3.60. The van der Waals surface area contributed by atoms with Gasteiger partial charge < -0.3 is 10.1 Å². The van der Waals surface area contributed by atoms with Gasteiger partial charge in [0.2, 0.25) is 0 Å². The first kappa shape index (κ1) is 17.8. The zero-order valence-electron chi connectivity index (χ0n) is 14.6. The SMILES string of the molecule is Cc1ccc(C)c(S(=O)(=O)Nc2ccc(NCC3CCCO3)cc2)c1. The van der Waals surface area contributed by atoms with Crippen LogP contribution in [0.3, 0.4) is 0 Å². The number of hydrogen-bond acceptors (Lipinski definition) is 4. The minimum Gasteiger partial charge on any atom is -0.382 e. The van der Waals surface area contributed by atoms with Crippen LogP contribution in [0.5, 0.6) is 0 Å². The predicted molar refractivity (Wildman–Crippen MR) is 101 cm³/mol. The topological polar surface area (TPSA) is 67.4 Å². The first-order chi connectivity index (χ1) is 11.9. The number of anilines is 2. The van der Waals surface area contributed by atoms with Gasteiger partial charge in [-0.25, -0.2) is 8.42 Å². The van der Waals surface area contributed by atoms with Crippen LogP contribution in [0.1, 0.15) is 24.0 Å². The molecule has 6 heteroatoms. The van der Waals surface area contributed by atoms with Crippen molar-refractivity contribution in [2.75, 3.05) is 23.2 Å². The monoisotopic (exact) mass is 360 g/mol. The van der Waals surface area contributed by atoms with Crippen molar-refractivity contribution in [3.05, 3.63) is 53.6 Å². The van der Waals surface area contributed by atoms with E-state index >= 15 is 0 Å². The van der Waals surface area contributed by atoms with Crippen LogP contribution in [0, 0.1) is 13.8 Å². The molecular formula is C19H24N2O3S. The fourth-order valence-electron chi connectivity index (χ4n) is 2.90. The Bertz CT molecular complexity index is 826. The van der Waals surface area contributed by atoms with Crippen LogP contribution in [-0.4, -0.2) is 27.7 Å². The Morgan fingerprint density at radius 1 is 1.08 bits per heavy atom. The molecule has 0 radical (unpaired) electrons. The summed E-state index contributed by atoms with van der Waals surface area (Å²) >= 11 is 0. The molecule has 1 aliphatic heterocycles. The van der Waals surface area contributed by atoms with E-state index in [0.29, 0.717) is 10.6 Å². The van der Waals surface area contributed by atoms with Gasteiger partial charge in [0.25, 0.3) is 10.0 Å². The van der Waals surface area contributed by atoms with Crippen LogP contribution < -0.4 is 10.0 Å². The number of aryl methyl sites for hydroxylation is 2. The highest BCUT2D eigenvalue weighted by atomic mass is 32.2. The van der Waals surface area contributed by atoms with Crippen LogP contribution >= 0.6 is 0 Å². The van der Waals surface area contributed by atoms with Gasteiger partial charge in [-0.3, -0.25) is 4.72 Å². The first-order valence-corrected chi connectivity index (χ1v) is 9.98. The van der Waals surface area contributed by atoms with Gasteiger partial charge in [-0.2, -0.15) is 0 Å². The molecule has 0 bridgehead atoms. The summed E-state index contributed by atoms with van der Waals surface area (Å²) in [5, 5.41) is 3.32. The molecule has 1 aliphatic rings. The fraction of sp³-hybridized carbons (Fsp3) is 0.368. The molecule has 1 unspecified atom stereocenters. The van der Waals surface area contributed by atoms with E-state index in [9.17, 15) is 8.42 Å². The first-order valence-electron chi connectivity index (χ1n) is 8.50. The van der Waals surface area contributed by atoms with Crippen molar-refractivity contribution < 1.29 is 13.2 Å². The van der Waals surface area contributed by atoms with Crippen molar-refractivity contribution in [3.8, 4) is 0 Å². The zero-order chi connectivity index (χ0) is 17.9. The van der Waals surface area contributed by atoms with E-state index in [1.54, 1.807) is 25.1 Å². The molecule has 1 atom stereocenters. The second kappa shape index (κ2) is 7.45. The number of benzene rings is 2. The van der Waals surface area contributed by atoms with E-state index in [2.05, 4.69) is 10.0 Å². The highest BCUT2D eigenvalue weighted by molar-refractivity contribution is 7.92. The summed E-state index contributed by atoms with van der Waals surface area (Å²) < 4.78 is 33.5. The lowest BCUT2D eigenvalue weighted by atomic mass is 10.2. The van der Waals surface area contributed by atoms with Gasteiger partial charge in [0, 0.05) is 24.5 Å². The zero-order valence-corrected chi connectivity index (χ0v) is 15.4. The van der Waals surface area contributed by atoms with E-state index in [4.69, 9.17) is 4.74 Å². The summed E-state index contributed by atoms with van der Waals surface area (Å²) in [6.45, 7) is 5.29. The van der Waals surface area contributed by atoms with Crippen LogP contribution in [0.15, 0.2) is 47.4 Å². The standard InChI is InChI=1S/C19H24N2O3S/c1-14-5-6-15(2)19(12-14)25(22,23)21-17-9-7-16(8-10-17)20-13-18-4-3-11-24-18/h5-10,12,18,20-21H,3-4,11,13H2,1-2H3. The Balaban J connectivity index is 1.66. The lowest BCUT2D eigenvalue weighted by Gasteiger charge is -2.13. The molecule has 0 amide bonds. The van der Waals surface area contributed by atoms with Crippen LogP contribution in [0.25, 0.3) is 0 Å². The van der Waals surface area contributed by atoms with E-state index in [1.807, 2.05) is 31.2 Å². The van der Waals surface area contributed by atoms with Gasteiger partial charge in [0.1, 0.15) is 0 Å². The highest BCUT2D eigenvalue weighted by Gasteiger charge is 2.17. The molecule has 1 fully saturated rings. The molecule has 25 heavy (non-hydrogen) atoms. The normalized spacial score (nSPS) is 17.4. The van der Waals surface area contributed by atoms with Gasteiger partial charge in [0.15, 0.2) is 0 Å². The second-order valence-electron chi connectivity index (χ2n) is 6.47. The van der Waals surface area contributed by atoms with Crippen LogP contribution in [0.4, 0.5) is 11.4 Å². The third kappa shape index (κ3) is 4.52. The quantitative estimate of drug-likeness (QED) is 0.824. The largest absolute Gasteiger partial charge is 0.382 e. The smallest absolute Gasteiger partial charge is 0.262 e. The number of ether oxygens (including phenoxy) is 1. The van der Waals surface area contributed by atoms with Gasteiger partial charge >= 0.3 is 0 Å². The lowest BCUT2D eigenvalue weighted by molar-refractivity contribution is 0.120. The molecular weight excluding hydrogens is 336 g/mol. The van der Waals surface area contributed by atoms with Crippen molar-refractivity contribution in [1.29, 1.82) is 0 Å². The molecule has 2 N–H and O–H groups in total. The Labute approximate surface area is 149 Å². The maximum Gasteiger partial charge on any atom is 0.262 e. The summed E-state index contributed by atoms with van der Waals surface area (Å²) in [5.74, 6) is 0. The number of rotatable bonds is 6. The van der Waals surface area contributed by atoms with E-state index < -0.39 is 10.0 Å². The van der Waals surface area contributed by atoms with E-state index in [0.717, 1.165) is 42.8 Å². The molecule has 3 rings (SSSR count). The summed E-state index contributed by atoms with van der Waals surface area (Å²) in [4.78, 5) is 0.313. The molecule has 134 valence electrons. The summed E-state index contributed by atoms with van der Waals surface area (Å²) in [7, 11) is -3.60. The molecule has 0 aliphatic carbocycles. The van der Waals surface area contributed by atoms with Crippen molar-refractivity contribution >= 4 is 21.4 Å². The molecule has 2 aromatic rings. The van der Waals surface area contributed by atoms with Crippen molar-refractivity contribution in [2.45, 2.75) is 37.7 Å². The summed E-state index contributed by atoms with van der Waals surface area (Å²) in [5.41, 5.74) is 3.14. The lowest BCUT2D eigenvalue weighted by Crippen LogP contribution is -2.18. The molecule has 1 heterocycles. The van der Waals surface area contributed by atoms with Crippen molar-refractivity contribution in [1.82, 2.24) is 0 Å². The van der Waals surface area contributed by atoms with Gasteiger partial charge in [0.05, 0.1) is 11.0 Å². The average molecular weight is 360 g/mol. The van der Waals surface area contributed by atoms with Gasteiger partial charge in [-0.15, -0.1) is 0 Å². The summed E-state index contributed by atoms with van der Waals surface area (Å²) in [6, 6.07) is 12.7. The third-order valence-electron chi connectivity index (χ3n) is 4.33. The average Bonchev–Trinajstić information content (AvgIpc) is 3.09. The molecule has 1 saturated heterocycles. The molecule has 2 aromatic carbocycles. The maximum absolute atomic E-state index is 12.6. The molecule has 0 saturated carbocycles. The number of nitrogens with one attached hydrogen (secondary N) is 2. The Kier molecular flexibility index (Phi) is 5.30. The fourth-order valence-corrected chi connectivity index (χ4v) is 4.29. The Morgan fingerprint density at radius 3 is 2.48 bits per heavy atom. The Hall–Kier alpha value is -2.05. The van der Waals surface area contributed by atoms with Crippen LogP contribution in [-0.2, 0) is 14.8 Å².